The van der Waals surface area contributed by atoms with Gasteiger partial charge in [-0.1, -0.05) is 0 Å². The highest BCUT2D eigenvalue weighted by Gasteiger charge is 2.35. The number of aromatic nitrogens is 2. The minimum atomic E-state index is 0.115. The summed E-state index contributed by atoms with van der Waals surface area (Å²) in [4.78, 5) is 21.7. The summed E-state index contributed by atoms with van der Waals surface area (Å²) in [6, 6.07) is 0.763. The molecule has 0 unspecified atom stereocenters. The molecule has 0 aromatic carbocycles. The smallest absolute Gasteiger partial charge is 0.226 e. The molecule has 1 saturated heterocycles. The number of ether oxygens (including phenoxy) is 1. The third-order valence-corrected chi connectivity index (χ3v) is 5.29. The van der Waals surface area contributed by atoms with E-state index < -0.39 is 0 Å². The predicted octanol–water partition coefficient (Wildman–Crippen LogP) is 1.01. The van der Waals surface area contributed by atoms with Gasteiger partial charge in [-0.3, -0.25) is 9.69 Å². The number of piperazine rings is 1. The Bertz CT molecular complexity index is 532. The van der Waals surface area contributed by atoms with Crippen molar-refractivity contribution in [3.63, 3.8) is 0 Å². The lowest BCUT2D eigenvalue weighted by atomic mass is 9.93. The zero-order chi connectivity index (χ0) is 16.4. The lowest BCUT2D eigenvalue weighted by molar-refractivity contribution is -0.140. The molecule has 0 bridgehead atoms. The van der Waals surface area contributed by atoms with Crippen molar-refractivity contribution in [1.82, 2.24) is 19.4 Å². The number of rotatable bonds is 4. The van der Waals surface area contributed by atoms with Crippen LogP contribution in [-0.2, 0) is 22.5 Å². The summed E-state index contributed by atoms with van der Waals surface area (Å²) in [5.41, 5.74) is 1.19. The van der Waals surface area contributed by atoms with Crippen molar-refractivity contribution in [2.45, 2.75) is 45.3 Å². The van der Waals surface area contributed by atoms with E-state index in [-0.39, 0.29) is 5.92 Å². The summed E-state index contributed by atoms with van der Waals surface area (Å²) >= 11 is 0. The molecule has 3 heterocycles. The first-order valence-corrected chi connectivity index (χ1v) is 8.62. The maximum absolute atomic E-state index is 12.9. The Hall–Kier alpha value is -1.40. The summed E-state index contributed by atoms with van der Waals surface area (Å²) in [6.45, 7) is 8.65. The second-order valence-electron chi connectivity index (χ2n) is 6.94. The van der Waals surface area contributed by atoms with Crippen LogP contribution in [0.1, 0.15) is 26.0 Å². The molecule has 128 valence electrons. The fourth-order valence-corrected chi connectivity index (χ4v) is 4.01. The molecule has 1 fully saturated rings. The summed E-state index contributed by atoms with van der Waals surface area (Å²) in [7, 11) is 1.74. The quantitative estimate of drug-likeness (QED) is 0.831. The van der Waals surface area contributed by atoms with Gasteiger partial charge in [-0.15, -0.1) is 0 Å². The molecule has 0 spiro atoms. The number of hydrogen-bond acceptors (Lipinski definition) is 4. The zero-order valence-electron chi connectivity index (χ0n) is 14.4. The molecular weight excluding hydrogens is 292 g/mol. The van der Waals surface area contributed by atoms with Gasteiger partial charge >= 0.3 is 0 Å². The van der Waals surface area contributed by atoms with Gasteiger partial charge in [0, 0.05) is 69.6 Å². The number of fused-ring (bicyclic) bond motifs is 1. The van der Waals surface area contributed by atoms with Crippen molar-refractivity contribution in [2.75, 3.05) is 33.4 Å². The van der Waals surface area contributed by atoms with Crippen molar-refractivity contribution in [1.29, 1.82) is 0 Å². The minimum absolute atomic E-state index is 0.115. The van der Waals surface area contributed by atoms with Crippen LogP contribution >= 0.6 is 0 Å². The van der Waals surface area contributed by atoms with Crippen LogP contribution in [0.15, 0.2) is 12.5 Å². The van der Waals surface area contributed by atoms with E-state index in [2.05, 4.69) is 33.2 Å². The van der Waals surface area contributed by atoms with Crippen LogP contribution in [0.4, 0.5) is 0 Å². The van der Waals surface area contributed by atoms with Gasteiger partial charge in [-0.25, -0.2) is 4.98 Å². The van der Waals surface area contributed by atoms with Gasteiger partial charge in [0.1, 0.15) is 0 Å². The van der Waals surface area contributed by atoms with Crippen LogP contribution in [0, 0.1) is 5.92 Å². The Labute approximate surface area is 138 Å². The SMILES string of the molecule is COCCN1[C@H](C)CN(C(=O)[C@@H]2CCn3cncc3C2)C[C@@H]1C. The molecular formula is C17H28N4O2. The van der Waals surface area contributed by atoms with Crippen LogP contribution in [0.2, 0.25) is 0 Å². The average Bonchev–Trinajstić information content (AvgIpc) is 3.00. The third kappa shape index (κ3) is 3.43. The molecule has 3 atom stereocenters. The summed E-state index contributed by atoms with van der Waals surface area (Å²) in [5.74, 6) is 0.437. The van der Waals surface area contributed by atoms with Crippen LogP contribution in [0.3, 0.4) is 0 Å². The van der Waals surface area contributed by atoms with E-state index in [9.17, 15) is 4.79 Å². The first kappa shape index (κ1) is 16.5. The highest BCUT2D eigenvalue weighted by atomic mass is 16.5. The Morgan fingerprint density at radius 3 is 2.78 bits per heavy atom. The molecule has 6 nitrogen and oxygen atoms in total. The monoisotopic (exact) mass is 320 g/mol. The Balaban J connectivity index is 1.61. The molecule has 0 saturated carbocycles. The minimum Gasteiger partial charge on any atom is -0.383 e. The molecule has 0 aliphatic carbocycles. The van der Waals surface area contributed by atoms with E-state index in [0.29, 0.717) is 18.0 Å². The zero-order valence-corrected chi connectivity index (χ0v) is 14.4. The van der Waals surface area contributed by atoms with Crippen molar-refractivity contribution in [2.24, 2.45) is 5.92 Å². The summed E-state index contributed by atoms with van der Waals surface area (Å²) in [6.07, 6.45) is 5.52. The topological polar surface area (TPSA) is 50.6 Å². The van der Waals surface area contributed by atoms with Crippen LogP contribution in [0.5, 0.6) is 0 Å². The fraction of sp³-hybridized carbons (Fsp3) is 0.765. The van der Waals surface area contributed by atoms with Gasteiger partial charge in [-0.05, 0) is 20.3 Å². The van der Waals surface area contributed by atoms with Crippen LogP contribution in [0.25, 0.3) is 0 Å². The largest absolute Gasteiger partial charge is 0.383 e. The van der Waals surface area contributed by atoms with Gasteiger partial charge < -0.3 is 14.2 Å². The van der Waals surface area contributed by atoms with Crippen molar-refractivity contribution >= 4 is 5.91 Å². The van der Waals surface area contributed by atoms with Gasteiger partial charge in [0.15, 0.2) is 0 Å². The second-order valence-corrected chi connectivity index (χ2v) is 6.94. The Kier molecular flexibility index (Phi) is 5.02. The number of hydrogen-bond donors (Lipinski definition) is 0. The highest BCUT2D eigenvalue weighted by molar-refractivity contribution is 5.79. The number of imidazole rings is 1. The van der Waals surface area contributed by atoms with Crippen molar-refractivity contribution in [3.05, 3.63) is 18.2 Å². The predicted molar refractivity (Wildman–Crippen MR) is 88.1 cm³/mol. The average molecular weight is 320 g/mol. The molecule has 1 amide bonds. The van der Waals surface area contributed by atoms with Gasteiger partial charge in [-0.2, -0.15) is 0 Å². The Morgan fingerprint density at radius 2 is 2.09 bits per heavy atom. The summed E-state index contributed by atoms with van der Waals surface area (Å²) in [5, 5.41) is 0. The van der Waals surface area contributed by atoms with Crippen LogP contribution < -0.4 is 0 Å². The normalized spacial score (nSPS) is 28.7. The van der Waals surface area contributed by atoms with Crippen LogP contribution in [-0.4, -0.2) is 70.7 Å². The first-order valence-electron chi connectivity index (χ1n) is 8.62. The Morgan fingerprint density at radius 1 is 1.35 bits per heavy atom. The van der Waals surface area contributed by atoms with Gasteiger partial charge in [0.05, 0.1) is 12.9 Å². The number of amides is 1. The molecule has 3 rings (SSSR count). The van der Waals surface area contributed by atoms with Crippen molar-refractivity contribution in [3.8, 4) is 0 Å². The molecule has 0 radical (unpaired) electrons. The van der Waals surface area contributed by atoms with E-state index in [1.807, 2.05) is 12.5 Å². The fourth-order valence-electron chi connectivity index (χ4n) is 4.01. The van der Waals surface area contributed by atoms with E-state index in [0.717, 1.165) is 45.6 Å². The molecule has 2 aliphatic rings. The number of carbonyl (C=O) groups excluding carboxylic acids is 1. The van der Waals surface area contributed by atoms with Crippen molar-refractivity contribution < 1.29 is 9.53 Å². The van der Waals surface area contributed by atoms with E-state index in [1.54, 1.807) is 7.11 Å². The molecule has 0 N–H and O–H groups in total. The molecule has 1 aromatic heterocycles. The lowest BCUT2D eigenvalue weighted by Crippen LogP contribution is -2.59. The third-order valence-electron chi connectivity index (χ3n) is 5.29. The molecule has 2 aliphatic heterocycles. The molecule has 6 heteroatoms. The maximum atomic E-state index is 12.9. The highest BCUT2D eigenvalue weighted by Crippen LogP contribution is 2.24. The number of methoxy groups -OCH3 is 1. The number of aryl methyl sites for hydroxylation is 1. The maximum Gasteiger partial charge on any atom is 0.226 e. The van der Waals surface area contributed by atoms with Gasteiger partial charge in [0.2, 0.25) is 5.91 Å². The standard InChI is InChI=1S/C17H28N4O2/c1-13-10-20(11-14(2)21(13)6-7-23-3)17(22)15-4-5-19-12-18-9-16(19)8-15/h9,12-15H,4-8,10-11H2,1-3H3/t13-,14+,15-/m1/s1. The molecule has 1 aromatic rings. The van der Waals surface area contributed by atoms with E-state index >= 15 is 0 Å². The number of nitrogens with zero attached hydrogens (tertiary/aromatic N) is 4. The van der Waals surface area contributed by atoms with E-state index in [1.165, 1.54) is 5.69 Å². The second kappa shape index (κ2) is 7.01. The van der Waals surface area contributed by atoms with E-state index in [4.69, 9.17) is 4.74 Å². The summed E-state index contributed by atoms with van der Waals surface area (Å²) < 4.78 is 7.37. The lowest BCUT2D eigenvalue weighted by Gasteiger charge is -2.45. The van der Waals surface area contributed by atoms with Gasteiger partial charge in [0.25, 0.3) is 0 Å². The molecule has 23 heavy (non-hydrogen) atoms. The first-order chi connectivity index (χ1) is 11.1. The number of carbonyl (C=O) groups is 1.